The molecule has 0 fully saturated rings. The Morgan fingerprint density at radius 1 is 0.704 bits per heavy atom. The number of benzene rings is 2. The summed E-state index contributed by atoms with van der Waals surface area (Å²) >= 11 is 3.51. The smallest absolute Gasteiger partial charge is 0.345 e. The summed E-state index contributed by atoms with van der Waals surface area (Å²) in [4.78, 5) is 102. The summed E-state index contributed by atoms with van der Waals surface area (Å²) in [5.41, 5.74) is 9.11. The van der Waals surface area contributed by atoms with Crippen molar-refractivity contribution >= 4 is 68.1 Å². The molecule has 7 atom stereocenters. The molecule has 0 spiro atoms. The van der Waals surface area contributed by atoms with Gasteiger partial charge in [0.25, 0.3) is 0 Å². The Kier molecular flexibility index (Phi) is 23.6. The molecule has 2 aromatic carbocycles. The molecule has 16 heteroatoms. The van der Waals surface area contributed by atoms with Crippen LogP contribution in [0.5, 0.6) is 0 Å². The van der Waals surface area contributed by atoms with Crippen LogP contribution in [0.2, 0.25) is 0 Å². The standard InChI is InChI=1S/C55H79BrN6O9/c1-33(2)24-39(51(65)59(10)37(9)55(70)71-50(54(68)69)18-15-23-57)29-49(64)47(28-41-32-62(45-17-14-13-16-43(41)45)31-38-19-21-42(56)22-20-38)60(11)52(66)40(25-34(3)4)30-48(63)46(27-36(7)8)61(12)53(67)44(58)26-35(5)6/h13-14,16-17,19-22,32-37,39-40,44,46-47,50H,15,18,24-31,58H2,1-12H3,(H,68,69)/t37-,39+,40+,44-,46-,47-,50+/m0/s1. The summed E-state index contributed by atoms with van der Waals surface area (Å²) in [6.07, 6.45) is 1.05. The van der Waals surface area contributed by atoms with Crippen molar-refractivity contribution in [3.8, 4) is 6.07 Å². The maximum atomic E-state index is 15.2. The minimum absolute atomic E-state index is 0.0207. The SMILES string of the molecule is CC(C)C[C@H](CC(=O)[C@H](Cc1cn(Cc2ccc(Br)cc2)c2ccccc12)N(C)C(=O)[C@@H](CC(=O)[C@H](CC(C)C)N(C)C(=O)[C@@H](N)CC(C)C)CC(C)C)C(=O)N(C)[C@@H](C)C(=O)O[C@H](CCC#N)C(=O)O. The Balaban J connectivity index is 2.13. The Bertz CT molecular complexity index is 2340. The van der Waals surface area contributed by atoms with Crippen molar-refractivity contribution in [1.82, 2.24) is 19.3 Å². The molecule has 3 rings (SSSR count). The van der Waals surface area contributed by atoms with E-state index < -0.39 is 71.6 Å². The largest absolute Gasteiger partial charge is 0.479 e. The fourth-order valence-corrected chi connectivity index (χ4v) is 9.50. The molecular formula is C55H79BrN6O9. The number of carbonyl (C=O) groups excluding carboxylic acids is 6. The Hall–Kier alpha value is -5.40. The number of hydrogen-bond acceptors (Lipinski definition) is 10. The van der Waals surface area contributed by atoms with Crippen molar-refractivity contribution in [3.63, 3.8) is 0 Å². The highest BCUT2D eigenvalue weighted by Crippen LogP contribution is 2.30. The number of para-hydroxylation sites is 1. The van der Waals surface area contributed by atoms with Gasteiger partial charge in [0, 0.05) is 93.2 Å². The fraction of sp³-hybridized carbons (Fsp3) is 0.600. The van der Waals surface area contributed by atoms with Crippen LogP contribution in [0.4, 0.5) is 0 Å². The lowest BCUT2D eigenvalue weighted by Crippen LogP contribution is -2.51. The van der Waals surface area contributed by atoms with Gasteiger partial charge in [-0.25, -0.2) is 9.59 Å². The van der Waals surface area contributed by atoms with Gasteiger partial charge in [-0.3, -0.25) is 24.0 Å². The highest BCUT2D eigenvalue weighted by Gasteiger charge is 2.39. The summed E-state index contributed by atoms with van der Waals surface area (Å²) in [7, 11) is 4.57. The Morgan fingerprint density at radius 2 is 1.21 bits per heavy atom. The first-order valence-electron chi connectivity index (χ1n) is 25.0. The number of carboxylic acid groups (broad SMARTS) is 1. The van der Waals surface area contributed by atoms with E-state index in [2.05, 4.69) is 20.5 Å². The maximum Gasteiger partial charge on any atom is 0.345 e. The number of amides is 3. The predicted molar refractivity (Wildman–Crippen MR) is 279 cm³/mol. The zero-order valence-corrected chi connectivity index (χ0v) is 45.6. The van der Waals surface area contributed by atoms with Crippen molar-refractivity contribution in [3.05, 3.63) is 70.3 Å². The molecule has 1 heterocycles. The van der Waals surface area contributed by atoms with E-state index in [0.29, 0.717) is 25.8 Å². The lowest BCUT2D eigenvalue weighted by atomic mass is 9.85. The molecule has 0 aliphatic heterocycles. The van der Waals surface area contributed by atoms with E-state index in [4.69, 9.17) is 15.7 Å². The van der Waals surface area contributed by atoms with Gasteiger partial charge in [-0.05, 0) is 85.6 Å². The summed E-state index contributed by atoms with van der Waals surface area (Å²) in [5.74, 6) is -6.03. The molecule has 0 unspecified atom stereocenters. The molecule has 0 aliphatic rings. The molecule has 390 valence electrons. The third-order valence-electron chi connectivity index (χ3n) is 13.1. The second-order valence-electron chi connectivity index (χ2n) is 21.0. The van der Waals surface area contributed by atoms with Gasteiger partial charge in [-0.1, -0.05) is 102 Å². The number of fused-ring (bicyclic) bond motifs is 1. The van der Waals surface area contributed by atoms with Crippen LogP contribution in [-0.4, -0.2) is 117 Å². The predicted octanol–water partition coefficient (Wildman–Crippen LogP) is 8.46. The Labute approximate surface area is 429 Å². The summed E-state index contributed by atoms with van der Waals surface area (Å²) in [5, 5.41) is 19.5. The number of nitrogens with zero attached hydrogens (tertiary/aromatic N) is 5. The number of rotatable bonds is 29. The fourth-order valence-electron chi connectivity index (χ4n) is 9.24. The van der Waals surface area contributed by atoms with Crippen LogP contribution in [0.3, 0.4) is 0 Å². The van der Waals surface area contributed by atoms with E-state index in [0.717, 1.165) is 31.4 Å². The van der Waals surface area contributed by atoms with Gasteiger partial charge >= 0.3 is 11.9 Å². The van der Waals surface area contributed by atoms with Crippen molar-refractivity contribution in [2.45, 2.75) is 157 Å². The third kappa shape index (κ3) is 17.7. The number of nitrogens with two attached hydrogens (primary N) is 1. The molecule has 1 aromatic heterocycles. The number of aliphatic carboxylic acids is 1. The maximum absolute atomic E-state index is 15.2. The van der Waals surface area contributed by atoms with Crippen LogP contribution in [-0.2, 0) is 51.3 Å². The molecule has 3 amide bonds. The number of esters is 1. The van der Waals surface area contributed by atoms with Gasteiger partial charge in [0.1, 0.15) is 6.04 Å². The monoisotopic (exact) mass is 1050 g/mol. The molecular weight excluding hydrogens is 969 g/mol. The summed E-state index contributed by atoms with van der Waals surface area (Å²) in [6, 6.07) is 13.7. The number of Topliss-reactive ketones (excluding diaryl/α,β-unsaturated/α-hetero) is 2. The molecule has 0 radical (unpaired) electrons. The molecule has 71 heavy (non-hydrogen) atoms. The van der Waals surface area contributed by atoms with Crippen LogP contribution >= 0.6 is 15.9 Å². The zero-order valence-electron chi connectivity index (χ0n) is 44.0. The number of hydrogen-bond donors (Lipinski definition) is 2. The molecule has 3 aromatic rings. The minimum atomic E-state index is -1.58. The lowest BCUT2D eigenvalue weighted by Gasteiger charge is -2.34. The van der Waals surface area contributed by atoms with E-state index in [9.17, 15) is 29.1 Å². The first kappa shape index (κ1) is 59.9. The topological polar surface area (TPSA) is 213 Å². The molecule has 15 nitrogen and oxygen atoms in total. The lowest BCUT2D eigenvalue weighted by molar-refractivity contribution is -0.169. The van der Waals surface area contributed by atoms with Gasteiger partial charge in [0.05, 0.1) is 24.2 Å². The first-order valence-corrected chi connectivity index (χ1v) is 25.8. The number of carbonyl (C=O) groups is 7. The molecule has 0 bridgehead atoms. The minimum Gasteiger partial charge on any atom is -0.479 e. The number of likely N-dealkylation sites (N-methyl/N-ethyl adjacent to an activating group) is 3. The van der Waals surface area contributed by atoms with Gasteiger partial charge < -0.3 is 34.8 Å². The molecule has 0 saturated carbocycles. The van der Waals surface area contributed by atoms with Gasteiger partial charge in [0.15, 0.2) is 17.7 Å². The van der Waals surface area contributed by atoms with E-state index in [1.165, 1.54) is 23.8 Å². The average molecular weight is 1050 g/mol. The zero-order chi connectivity index (χ0) is 53.4. The van der Waals surface area contributed by atoms with Crippen molar-refractivity contribution < 1.29 is 43.4 Å². The van der Waals surface area contributed by atoms with Crippen molar-refractivity contribution in [2.24, 2.45) is 41.2 Å². The van der Waals surface area contributed by atoms with Gasteiger partial charge in [-0.2, -0.15) is 5.26 Å². The van der Waals surface area contributed by atoms with Crippen LogP contribution in [0.1, 0.15) is 125 Å². The van der Waals surface area contributed by atoms with Crippen LogP contribution < -0.4 is 5.73 Å². The first-order chi connectivity index (χ1) is 33.3. The van der Waals surface area contributed by atoms with Gasteiger partial charge in [0.2, 0.25) is 17.7 Å². The normalized spacial score (nSPS) is 14.6. The second kappa shape index (κ2) is 28.0. The van der Waals surface area contributed by atoms with Gasteiger partial charge in [-0.15, -0.1) is 0 Å². The van der Waals surface area contributed by atoms with Crippen LogP contribution in [0, 0.1) is 46.8 Å². The quantitative estimate of drug-likeness (QED) is 0.0630. The third-order valence-corrected chi connectivity index (χ3v) is 13.6. The molecule has 0 aliphatic carbocycles. The molecule has 3 N–H and O–H groups in total. The number of carboxylic acids is 1. The number of aromatic nitrogens is 1. The average Bonchev–Trinajstić information content (AvgIpc) is 3.65. The highest BCUT2D eigenvalue weighted by molar-refractivity contribution is 9.10. The van der Waals surface area contributed by atoms with Crippen LogP contribution in [0.25, 0.3) is 10.9 Å². The Morgan fingerprint density at radius 3 is 1.73 bits per heavy atom. The number of halogens is 1. The van der Waals surface area contributed by atoms with E-state index in [1.807, 2.05) is 116 Å². The van der Waals surface area contributed by atoms with Crippen molar-refractivity contribution in [1.29, 1.82) is 5.26 Å². The summed E-state index contributed by atoms with van der Waals surface area (Å²) in [6.45, 7) is 17.6. The van der Waals surface area contributed by atoms with E-state index in [1.54, 1.807) is 14.1 Å². The number of ether oxygens (including phenoxy) is 1. The number of ketones is 2. The second-order valence-corrected chi connectivity index (χ2v) is 21.9. The van der Waals surface area contributed by atoms with E-state index >= 15 is 9.59 Å². The van der Waals surface area contributed by atoms with E-state index in [-0.39, 0.29) is 73.9 Å². The van der Waals surface area contributed by atoms with Crippen molar-refractivity contribution in [2.75, 3.05) is 21.1 Å². The number of nitriles is 1. The molecule has 0 saturated heterocycles. The highest BCUT2D eigenvalue weighted by atomic mass is 79.9. The summed E-state index contributed by atoms with van der Waals surface area (Å²) < 4.78 is 8.29. The van der Waals surface area contributed by atoms with Crippen LogP contribution in [0.15, 0.2) is 59.2 Å².